The molecule has 13 heavy (non-hydrogen) atoms. The first kappa shape index (κ1) is 9.94. The Bertz CT molecular complexity index is 229. The van der Waals surface area contributed by atoms with E-state index in [1.165, 1.54) is 0 Å². The summed E-state index contributed by atoms with van der Waals surface area (Å²) in [7, 11) is 0. The van der Waals surface area contributed by atoms with Gasteiger partial charge in [-0.1, -0.05) is 0 Å². The molecule has 6 heteroatoms. The highest BCUT2D eigenvalue weighted by molar-refractivity contribution is 5.86. The van der Waals surface area contributed by atoms with Gasteiger partial charge >= 0.3 is 5.97 Å². The molecule has 0 aliphatic carbocycles. The second-order valence-corrected chi connectivity index (χ2v) is 2.82. The third-order valence-electron chi connectivity index (χ3n) is 1.80. The number of aliphatic hydroxyl groups is 2. The topological polar surface area (TPSA) is 95.9 Å². The fourth-order valence-corrected chi connectivity index (χ4v) is 1.17. The van der Waals surface area contributed by atoms with Crippen molar-refractivity contribution in [1.82, 2.24) is 5.32 Å². The molecular weight excluding hydrogens is 178 g/mol. The highest BCUT2D eigenvalue weighted by Gasteiger charge is 2.43. The number of nitrogens with one attached hydrogen (secondary N) is 1. The Labute approximate surface area is 74.5 Å². The predicted octanol–water partition coefficient (Wildman–Crippen LogP) is -2.23. The van der Waals surface area contributed by atoms with Crippen molar-refractivity contribution in [2.45, 2.75) is 25.2 Å². The van der Waals surface area contributed by atoms with Crippen LogP contribution in [0.4, 0.5) is 0 Å². The van der Waals surface area contributed by atoms with E-state index in [1.807, 2.05) is 0 Å². The van der Waals surface area contributed by atoms with Gasteiger partial charge in [0, 0.05) is 6.92 Å². The number of hydrogen-bond donors (Lipinski definition) is 3. The summed E-state index contributed by atoms with van der Waals surface area (Å²) in [6.07, 6.45) is -2.38. The zero-order valence-electron chi connectivity index (χ0n) is 7.06. The molecule has 1 saturated heterocycles. The molecule has 0 radical (unpaired) electrons. The van der Waals surface area contributed by atoms with Crippen LogP contribution in [0.15, 0.2) is 0 Å². The predicted molar refractivity (Wildman–Crippen MR) is 40.6 cm³/mol. The quantitative estimate of drug-likeness (QED) is 0.427. The first-order valence-corrected chi connectivity index (χ1v) is 3.82. The van der Waals surface area contributed by atoms with E-state index in [-0.39, 0.29) is 6.61 Å². The van der Waals surface area contributed by atoms with Gasteiger partial charge in [-0.05, 0) is 0 Å². The first-order valence-electron chi connectivity index (χ1n) is 3.82. The van der Waals surface area contributed by atoms with Gasteiger partial charge in [-0.15, -0.1) is 0 Å². The minimum absolute atomic E-state index is 0.384. The van der Waals surface area contributed by atoms with Crippen molar-refractivity contribution in [2.75, 3.05) is 6.61 Å². The van der Waals surface area contributed by atoms with Gasteiger partial charge in [-0.3, -0.25) is 9.59 Å². The van der Waals surface area contributed by atoms with Crippen molar-refractivity contribution >= 4 is 11.9 Å². The van der Waals surface area contributed by atoms with Crippen LogP contribution >= 0.6 is 0 Å². The lowest BCUT2D eigenvalue weighted by molar-refractivity contribution is -0.156. The van der Waals surface area contributed by atoms with Crippen molar-refractivity contribution < 1.29 is 24.5 Å². The lowest BCUT2D eigenvalue weighted by Crippen LogP contribution is -2.37. The van der Waals surface area contributed by atoms with E-state index in [9.17, 15) is 14.7 Å². The van der Waals surface area contributed by atoms with E-state index in [4.69, 9.17) is 5.11 Å². The van der Waals surface area contributed by atoms with E-state index >= 15 is 0 Å². The Hall–Kier alpha value is -1.14. The molecule has 3 atom stereocenters. The van der Waals surface area contributed by atoms with E-state index in [0.29, 0.717) is 0 Å². The number of carbonyl (C=O) groups excluding carboxylic acids is 2. The molecule has 1 aliphatic rings. The largest absolute Gasteiger partial charge is 0.450 e. The average molecular weight is 189 g/mol. The molecule has 0 aromatic heterocycles. The van der Waals surface area contributed by atoms with Crippen LogP contribution < -0.4 is 5.32 Å². The smallest absolute Gasteiger partial charge is 0.303 e. The monoisotopic (exact) mass is 189 g/mol. The average Bonchev–Trinajstić information content (AvgIpc) is 2.31. The third-order valence-corrected chi connectivity index (χ3v) is 1.80. The molecule has 0 spiro atoms. The van der Waals surface area contributed by atoms with Gasteiger partial charge in [0.25, 0.3) is 5.91 Å². The van der Waals surface area contributed by atoms with E-state index in [1.54, 1.807) is 0 Å². The van der Waals surface area contributed by atoms with Crippen LogP contribution in [0.1, 0.15) is 6.92 Å². The van der Waals surface area contributed by atoms with Crippen molar-refractivity contribution in [3.63, 3.8) is 0 Å². The fraction of sp³-hybridized carbons (Fsp3) is 0.714. The van der Waals surface area contributed by atoms with Gasteiger partial charge in [0.1, 0.15) is 6.10 Å². The van der Waals surface area contributed by atoms with E-state index in [2.05, 4.69) is 10.1 Å². The summed E-state index contributed by atoms with van der Waals surface area (Å²) in [6, 6.07) is -0.753. The number of ether oxygens (including phenoxy) is 1. The van der Waals surface area contributed by atoms with Gasteiger partial charge in [-0.2, -0.15) is 0 Å². The van der Waals surface area contributed by atoms with Crippen LogP contribution in [0.2, 0.25) is 0 Å². The fourth-order valence-electron chi connectivity index (χ4n) is 1.17. The highest BCUT2D eigenvalue weighted by Crippen LogP contribution is 2.12. The Morgan fingerprint density at radius 3 is 2.69 bits per heavy atom. The molecule has 1 fully saturated rings. The number of hydrogen-bond acceptors (Lipinski definition) is 5. The summed E-state index contributed by atoms with van der Waals surface area (Å²) in [6.45, 7) is 0.761. The van der Waals surface area contributed by atoms with Crippen molar-refractivity contribution in [1.29, 1.82) is 0 Å². The molecule has 3 unspecified atom stereocenters. The third kappa shape index (κ3) is 1.96. The number of amides is 1. The maximum absolute atomic E-state index is 11.0. The molecule has 1 rings (SSSR count). The summed E-state index contributed by atoms with van der Waals surface area (Å²) >= 11 is 0. The number of esters is 1. The number of rotatable bonds is 2. The Kier molecular flexibility index (Phi) is 2.84. The van der Waals surface area contributed by atoms with Gasteiger partial charge in [0.15, 0.2) is 0 Å². The highest BCUT2D eigenvalue weighted by atomic mass is 16.6. The summed E-state index contributed by atoms with van der Waals surface area (Å²) in [5, 5.41) is 20.3. The van der Waals surface area contributed by atoms with Gasteiger partial charge in [0.05, 0.1) is 12.6 Å². The van der Waals surface area contributed by atoms with Gasteiger partial charge < -0.3 is 20.3 Å². The molecule has 0 aromatic carbocycles. The van der Waals surface area contributed by atoms with Crippen molar-refractivity contribution in [3.05, 3.63) is 0 Å². The lowest BCUT2D eigenvalue weighted by atomic mass is 10.1. The Morgan fingerprint density at radius 2 is 2.31 bits per heavy atom. The molecule has 74 valence electrons. The zero-order chi connectivity index (χ0) is 10.0. The van der Waals surface area contributed by atoms with Crippen LogP contribution in [0.3, 0.4) is 0 Å². The molecule has 0 bridgehead atoms. The van der Waals surface area contributed by atoms with E-state index in [0.717, 1.165) is 6.92 Å². The second kappa shape index (κ2) is 3.71. The Balaban J connectivity index is 2.64. The van der Waals surface area contributed by atoms with Crippen LogP contribution in [-0.4, -0.2) is 46.9 Å². The SMILES string of the molecule is CC(=O)OC1C(=O)NC(CO)C1O. The van der Waals surface area contributed by atoms with E-state index < -0.39 is 30.1 Å². The molecule has 1 aliphatic heterocycles. The lowest BCUT2D eigenvalue weighted by Gasteiger charge is -2.14. The first-order chi connectivity index (χ1) is 6.06. The minimum Gasteiger partial charge on any atom is -0.450 e. The normalized spacial score (nSPS) is 32.8. The zero-order valence-corrected chi connectivity index (χ0v) is 7.06. The molecule has 1 amide bonds. The molecule has 1 heterocycles. The van der Waals surface area contributed by atoms with Crippen LogP contribution in [0.5, 0.6) is 0 Å². The maximum atomic E-state index is 11.0. The summed E-state index contributed by atoms with van der Waals surface area (Å²) in [5.74, 6) is -1.22. The molecule has 0 aromatic rings. The van der Waals surface area contributed by atoms with Crippen LogP contribution in [-0.2, 0) is 14.3 Å². The van der Waals surface area contributed by atoms with Gasteiger partial charge in [-0.25, -0.2) is 0 Å². The van der Waals surface area contributed by atoms with Gasteiger partial charge in [0.2, 0.25) is 6.10 Å². The van der Waals surface area contributed by atoms with Crippen LogP contribution in [0.25, 0.3) is 0 Å². The number of carbonyl (C=O) groups is 2. The maximum Gasteiger partial charge on any atom is 0.303 e. The van der Waals surface area contributed by atoms with Crippen molar-refractivity contribution in [2.24, 2.45) is 0 Å². The molecule has 0 saturated carbocycles. The van der Waals surface area contributed by atoms with Crippen LogP contribution in [0, 0.1) is 0 Å². The summed E-state index contributed by atoms with van der Waals surface area (Å²) < 4.78 is 4.56. The summed E-state index contributed by atoms with van der Waals surface area (Å²) in [5.41, 5.74) is 0. The standard InChI is InChI=1S/C7H11NO5/c1-3(10)13-6-5(11)4(2-9)8-7(6)12/h4-6,9,11H,2H2,1H3,(H,8,12). The number of aliphatic hydroxyl groups excluding tert-OH is 2. The van der Waals surface area contributed by atoms with Crippen molar-refractivity contribution in [3.8, 4) is 0 Å². The summed E-state index contributed by atoms with van der Waals surface area (Å²) in [4.78, 5) is 21.5. The Morgan fingerprint density at radius 1 is 1.69 bits per heavy atom. The second-order valence-electron chi connectivity index (χ2n) is 2.82. The minimum atomic E-state index is -1.20. The molecule has 6 nitrogen and oxygen atoms in total. The molecule has 3 N–H and O–H groups in total. The molecular formula is C7H11NO5.